The highest BCUT2D eigenvalue weighted by molar-refractivity contribution is 5.70. The van der Waals surface area contributed by atoms with E-state index in [1.54, 1.807) is 6.07 Å². The fourth-order valence-corrected chi connectivity index (χ4v) is 6.69. The number of esters is 2. The van der Waals surface area contributed by atoms with Gasteiger partial charge in [-0.05, 0) is 83.2 Å². The van der Waals surface area contributed by atoms with Crippen LogP contribution < -0.4 is 0 Å². The molecule has 1 saturated heterocycles. The van der Waals surface area contributed by atoms with Crippen molar-refractivity contribution < 1.29 is 29.3 Å². The number of aromatic hydroxyl groups is 2. The van der Waals surface area contributed by atoms with Gasteiger partial charge in [0.05, 0.1) is 0 Å². The number of aryl methyl sites for hydroxylation is 2. The average molecular weight is 666 g/mol. The summed E-state index contributed by atoms with van der Waals surface area (Å²) in [6, 6.07) is 9.60. The Morgan fingerprint density at radius 1 is 0.771 bits per heavy atom. The summed E-state index contributed by atoms with van der Waals surface area (Å²) < 4.78 is 11.8. The molecule has 2 aromatic carbocycles. The molecule has 1 aliphatic heterocycles. The molecule has 3 rings (SSSR count). The van der Waals surface area contributed by atoms with Crippen LogP contribution in [-0.4, -0.2) is 58.4 Å². The quantitative estimate of drug-likeness (QED) is 0.246. The molecule has 48 heavy (non-hydrogen) atoms. The van der Waals surface area contributed by atoms with Crippen LogP contribution in [0.3, 0.4) is 0 Å². The van der Waals surface area contributed by atoms with Gasteiger partial charge >= 0.3 is 11.9 Å². The Bertz CT molecular complexity index is 1420. The molecule has 1 aliphatic rings. The van der Waals surface area contributed by atoms with E-state index in [4.69, 9.17) is 9.47 Å². The van der Waals surface area contributed by atoms with Crippen LogP contribution in [0.2, 0.25) is 0 Å². The summed E-state index contributed by atoms with van der Waals surface area (Å²) in [4.78, 5) is 28.2. The lowest BCUT2D eigenvalue weighted by Crippen LogP contribution is -2.64. The molecule has 0 aliphatic carbocycles. The number of phenolic OH excluding ortho intramolecular Hbond substituents is 2. The minimum atomic E-state index is -0.341. The fourth-order valence-electron chi connectivity index (χ4n) is 6.69. The Hall–Kier alpha value is -3.06. The van der Waals surface area contributed by atoms with Crippen molar-refractivity contribution in [2.24, 2.45) is 5.41 Å². The number of likely N-dealkylation sites (tertiary alicyclic amines) is 1. The highest BCUT2D eigenvalue weighted by Gasteiger charge is 2.51. The van der Waals surface area contributed by atoms with E-state index < -0.39 is 0 Å². The summed E-state index contributed by atoms with van der Waals surface area (Å²) in [5.74, 6) is 0.170. The third-order valence-electron chi connectivity index (χ3n) is 10.6. The summed E-state index contributed by atoms with van der Waals surface area (Å²) in [5.41, 5.74) is 3.39. The van der Waals surface area contributed by atoms with Crippen molar-refractivity contribution in [1.82, 2.24) is 4.90 Å². The Kier molecular flexibility index (Phi) is 11.8. The van der Waals surface area contributed by atoms with Gasteiger partial charge in [-0.3, -0.25) is 14.5 Å². The monoisotopic (exact) mass is 665 g/mol. The molecule has 7 nitrogen and oxygen atoms in total. The molecule has 2 aromatic rings. The summed E-state index contributed by atoms with van der Waals surface area (Å²) >= 11 is 0. The number of hydrogen-bond acceptors (Lipinski definition) is 7. The van der Waals surface area contributed by atoms with Gasteiger partial charge in [-0.1, -0.05) is 100 Å². The summed E-state index contributed by atoms with van der Waals surface area (Å²) in [6.07, 6.45) is 2.11. The SMILES string of the molecule is CC(C)(C)c1cc(CCC(=O)OCCN2CCC(OC(=O)CCc3cc(C(C)(C)C)c(O)c(C(C)(C)C)c3)C(C)(C)C2(C)C)ccc1O. The Morgan fingerprint density at radius 2 is 1.27 bits per heavy atom. The van der Waals surface area contributed by atoms with Gasteiger partial charge < -0.3 is 19.7 Å². The first-order chi connectivity index (χ1) is 21.9. The fraction of sp³-hybridized carbons (Fsp3) is 0.659. The van der Waals surface area contributed by atoms with Crippen molar-refractivity contribution in [3.05, 3.63) is 58.1 Å². The molecule has 1 fully saturated rings. The number of phenols is 2. The van der Waals surface area contributed by atoms with Crippen LogP contribution in [0.4, 0.5) is 0 Å². The molecule has 0 spiro atoms. The molecule has 0 bridgehead atoms. The lowest BCUT2D eigenvalue weighted by atomic mass is 9.66. The topological polar surface area (TPSA) is 96.3 Å². The van der Waals surface area contributed by atoms with Crippen molar-refractivity contribution in [2.75, 3.05) is 19.7 Å². The zero-order valence-corrected chi connectivity index (χ0v) is 32.1. The van der Waals surface area contributed by atoms with Gasteiger partial charge in [-0.2, -0.15) is 0 Å². The highest BCUT2D eigenvalue weighted by atomic mass is 16.5. The van der Waals surface area contributed by atoms with E-state index >= 15 is 0 Å². The lowest BCUT2D eigenvalue weighted by molar-refractivity contribution is -0.175. The van der Waals surface area contributed by atoms with Crippen molar-refractivity contribution in [3.63, 3.8) is 0 Å². The van der Waals surface area contributed by atoms with Crippen LogP contribution >= 0.6 is 0 Å². The second-order valence-corrected chi connectivity index (χ2v) is 17.9. The first-order valence-corrected chi connectivity index (χ1v) is 17.6. The van der Waals surface area contributed by atoms with Crippen molar-refractivity contribution in [3.8, 4) is 11.5 Å². The van der Waals surface area contributed by atoms with Crippen LogP contribution in [-0.2, 0) is 48.1 Å². The molecule has 2 N–H and O–H groups in total. The third-order valence-corrected chi connectivity index (χ3v) is 10.6. The predicted molar refractivity (Wildman–Crippen MR) is 194 cm³/mol. The molecule has 268 valence electrons. The molecule has 0 aromatic heterocycles. The molecule has 7 heteroatoms. The minimum Gasteiger partial charge on any atom is -0.508 e. The first-order valence-electron chi connectivity index (χ1n) is 17.6. The number of piperidine rings is 1. The number of rotatable bonds is 10. The average Bonchev–Trinajstić information content (AvgIpc) is 2.94. The smallest absolute Gasteiger partial charge is 0.306 e. The van der Waals surface area contributed by atoms with Gasteiger partial charge in [0.25, 0.3) is 0 Å². The van der Waals surface area contributed by atoms with Crippen LogP contribution in [0.5, 0.6) is 11.5 Å². The van der Waals surface area contributed by atoms with E-state index in [2.05, 4.69) is 94.9 Å². The second kappa shape index (κ2) is 14.4. The largest absolute Gasteiger partial charge is 0.508 e. The molecular weight excluding hydrogens is 602 g/mol. The van der Waals surface area contributed by atoms with E-state index in [-0.39, 0.29) is 63.8 Å². The third kappa shape index (κ3) is 9.34. The minimum absolute atomic E-state index is 0.187. The maximum absolute atomic E-state index is 13.2. The van der Waals surface area contributed by atoms with Crippen LogP contribution in [0, 0.1) is 5.41 Å². The Labute approximate surface area is 290 Å². The summed E-state index contributed by atoms with van der Waals surface area (Å²) in [6.45, 7) is 29.0. The molecule has 0 amide bonds. The zero-order valence-electron chi connectivity index (χ0n) is 32.1. The van der Waals surface area contributed by atoms with Gasteiger partial charge in [0.1, 0.15) is 24.2 Å². The first kappa shape index (κ1) is 39.4. The summed E-state index contributed by atoms with van der Waals surface area (Å²) in [7, 11) is 0. The van der Waals surface area contributed by atoms with Crippen molar-refractivity contribution in [1.29, 1.82) is 0 Å². The van der Waals surface area contributed by atoms with Crippen LogP contribution in [0.15, 0.2) is 30.3 Å². The highest BCUT2D eigenvalue weighted by Crippen LogP contribution is 2.45. The molecule has 0 saturated carbocycles. The molecule has 1 heterocycles. The number of carbonyl (C=O) groups excluding carboxylic acids is 2. The second-order valence-electron chi connectivity index (χ2n) is 17.9. The molecule has 1 atom stereocenters. The standard InChI is InChI=1S/C41H63NO6/c1-37(2,3)29-24-27(14-17-32(29)43)15-18-34(44)47-23-22-42-21-20-33(40(10,11)41(42,12)13)48-35(45)19-16-28-25-30(38(4,5)6)36(46)31(26-28)39(7,8)9/h14,17,24-26,33,43,46H,15-16,18-23H2,1-13H3. The normalized spacial score (nSPS) is 18.4. The number of ether oxygens (including phenoxy) is 2. The molecule has 1 unspecified atom stereocenters. The van der Waals surface area contributed by atoms with Gasteiger partial charge in [-0.15, -0.1) is 0 Å². The van der Waals surface area contributed by atoms with E-state index in [1.165, 1.54) is 0 Å². The van der Waals surface area contributed by atoms with Gasteiger partial charge in [0, 0.05) is 36.9 Å². The number of hydrogen-bond donors (Lipinski definition) is 2. The number of benzene rings is 2. The van der Waals surface area contributed by atoms with E-state index in [9.17, 15) is 19.8 Å². The molecular formula is C41H63NO6. The molecule has 0 radical (unpaired) electrons. The predicted octanol–water partition coefficient (Wildman–Crippen LogP) is 8.52. The van der Waals surface area contributed by atoms with Gasteiger partial charge in [0.2, 0.25) is 0 Å². The van der Waals surface area contributed by atoms with Crippen molar-refractivity contribution >= 4 is 11.9 Å². The number of carbonyl (C=O) groups is 2. The van der Waals surface area contributed by atoms with Crippen LogP contribution in [0.25, 0.3) is 0 Å². The summed E-state index contributed by atoms with van der Waals surface area (Å²) in [5, 5.41) is 21.3. The van der Waals surface area contributed by atoms with Crippen molar-refractivity contribution in [2.45, 2.75) is 150 Å². The van der Waals surface area contributed by atoms with Gasteiger partial charge in [-0.25, -0.2) is 0 Å². The van der Waals surface area contributed by atoms with Crippen LogP contribution in [0.1, 0.15) is 137 Å². The van der Waals surface area contributed by atoms with E-state index in [0.29, 0.717) is 38.2 Å². The zero-order chi connectivity index (χ0) is 36.5. The maximum Gasteiger partial charge on any atom is 0.306 e. The van der Waals surface area contributed by atoms with Gasteiger partial charge in [0.15, 0.2) is 0 Å². The number of nitrogens with zero attached hydrogens (tertiary/aromatic N) is 1. The Balaban J connectivity index is 1.55. The van der Waals surface area contributed by atoms with E-state index in [1.807, 2.05) is 24.3 Å². The maximum atomic E-state index is 13.2. The lowest BCUT2D eigenvalue weighted by Gasteiger charge is -2.56. The van der Waals surface area contributed by atoms with E-state index in [0.717, 1.165) is 34.4 Å². The Morgan fingerprint density at radius 3 is 1.81 bits per heavy atom.